The van der Waals surface area contributed by atoms with Gasteiger partial charge in [-0.25, -0.2) is 8.42 Å². The van der Waals surface area contributed by atoms with Crippen molar-refractivity contribution in [2.24, 2.45) is 0 Å². The van der Waals surface area contributed by atoms with Crippen molar-refractivity contribution in [2.75, 3.05) is 10.8 Å². The number of hydrogen-bond donors (Lipinski definition) is 1. The average molecular weight is 631 g/mol. The third kappa shape index (κ3) is 7.28. The van der Waals surface area contributed by atoms with Crippen molar-refractivity contribution in [1.29, 1.82) is 0 Å². The fourth-order valence-corrected chi connectivity index (χ4v) is 7.21. The molecule has 1 atom stereocenters. The Morgan fingerprint density at radius 2 is 1.57 bits per heavy atom. The predicted molar refractivity (Wildman–Crippen MR) is 168 cm³/mol. The molecule has 224 valence electrons. The second-order valence-corrected chi connectivity index (χ2v) is 13.4. The molecule has 0 aromatic heterocycles. The maximum absolute atomic E-state index is 14.3. The summed E-state index contributed by atoms with van der Waals surface area (Å²) in [7, 11) is -4.14. The minimum absolute atomic E-state index is 0.0536. The molecular formula is C32H37Cl2N3O4S. The van der Waals surface area contributed by atoms with Gasteiger partial charge in [-0.05, 0) is 80.6 Å². The highest BCUT2D eigenvalue weighted by Crippen LogP contribution is 2.30. The molecule has 2 amide bonds. The lowest BCUT2D eigenvalue weighted by Gasteiger charge is -2.34. The topological polar surface area (TPSA) is 86.8 Å². The van der Waals surface area contributed by atoms with Crippen molar-refractivity contribution >= 4 is 50.7 Å². The Bertz CT molecular complexity index is 1510. The van der Waals surface area contributed by atoms with Gasteiger partial charge in [-0.2, -0.15) is 0 Å². The molecule has 0 bridgehead atoms. The molecule has 42 heavy (non-hydrogen) atoms. The first kappa shape index (κ1) is 31.9. The molecule has 0 spiro atoms. The molecule has 0 aliphatic heterocycles. The Balaban J connectivity index is 1.76. The average Bonchev–Trinajstić information content (AvgIpc) is 3.48. The Morgan fingerprint density at radius 3 is 2.17 bits per heavy atom. The van der Waals surface area contributed by atoms with Crippen LogP contribution in [0.15, 0.2) is 71.6 Å². The van der Waals surface area contributed by atoms with E-state index in [2.05, 4.69) is 5.32 Å². The number of sulfonamides is 1. The third-order valence-corrected chi connectivity index (χ3v) is 10.4. The fourth-order valence-electron chi connectivity index (χ4n) is 5.27. The van der Waals surface area contributed by atoms with Crippen LogP contribution in [0.25, 0.3) is 0 Å². The first-order valence-corrected chi connectivity index (χ1v) is 16.4. The summed E-state index contributed by atoms with van der Waals surface area (Å²) in [5.74, 6) is -0.818. The highest BCUT2D eigenvalue weighted by molar-refractivity contribution is 7.92. The van der Waals surface area contributed by atoms with E-state index >= 15 is 0 Å². The summed E-state index contributed by atoms with van der Waals surface area (Å²) in [6.07, 6.45) is 4.19. The lowest BCUT2D eigenvalue weighted by atomic mass is 10.1. The quantitative estimate of drug-likeness (QED) is 0.256. The van der Waals surface area contributed by atoms with Crippen LogP contribution in [0.2, 0.25) is 10.0 Å². The summed E-state index contributed by atoms with van der Waals surface area (Å²) in [5.41, 5.74) is 2.72. The van der Waals surface area contributed by atoms with Crippen LogP contribution in [-0.2, 0) is 26.2 Å². The Kier molecular flexibility index (Phi) is 10.6. The van der Waals surface area contributed by atoms with Crippen molar-refractivity contribution in [2.45, 2.75) is 76.4 Å². The number of rotatable bonds is 11. The fraction of sp³-hybridized carbons (Fsp3) is 0.375. The largest absolute Gasteiger partial charge is 0.352 e. The smallest absolute Gasteiger partial charge is 0.264 e. The number of hydrogen-bond acceptors (Lipinski definition) is 4. The van der Waals surface area contributed by atoms with Crippen LogP contribution >= 0.6 is 23.2 Å². The van der Waals surface area contributed by atoms with E-state index in [-0.39, 0.29) is 23.4 Å². The number of carbonyl (C=O) groups is 2. The molecule has 7 nitrogen and oxygen atoms in total. The van der Waals surface area contributed by atoms with Crippen molar-refractivity contribution in [3.05, 3.63) is 93.5 Å². The maximum Gasteiger partial charge on any atom is 0.264 e. The summed E-state index contributed by atoms with van der Waals surface area (Å²) in [5, 5.41) is 3.82. The van der Waals surface area contributed by atoms with E-state index in [4.69, 9.17) is 23.2 Å². The molecule has 3 aromatic carbocycles. The SMILES string of the molecule is CC[C@H](C(=O)NC1CCCC1)N(Cc1c(Cl)cccc1Cl)C(=O)CN(c1ccc(C)c(C)c1)S(=O)(=O)c1ccccc1. The molecule has 0 unspecified atom stereocenters. The second kappa shape index (κ2) is 13.9. The summed E-state index contributed by atoms with van der Waals surface area (Å²) >= 11 is 13.0. The standard InChI is InChI=1S/C32H37Cl2N3O4S/c1-4-30(32(39)35-24-11-8-9-12-24)36(20-27-28(33)15-10-16-29(27)34)31(38)21-37(25-18-17-22(2)23(3)19-25)42(40,41)26-13-6-5-7-14-26/h5-7,10,13-19,24,30H,4,8-9,11-12,20-21H2,1-3H3,(H,35,39)/t30-/m1/s1. The molecular weight excluding hydrogens is 593 g/mol. The summed E-state index contributed by atoms with van der Waals surface area (Å²) in [6, 6.07) is 17.5. The Hall–Kier alpha value is -3.07. The van der Waals surface area contributed by atoms with Crippen LogP contribution in [0.5, 0.6) is 0 Å². The molecule has 3 aromatic rings. The Morgan fingerprint density at radius 1 is 0.929 bits per heavy atom. The van der Waals surface area contributed by atoms with Gasteiger partial charge >= 0.3 is 0 Å². The number of benzene rings is 3. The van der Waals surface area contributed by atoms with Gasteiger partial charge in [-0.3, -0.25) is 13.9 Å². The minimum atomic E-state index is -4.14. The van der Waals surface area contributed by atoms with E-state index in [9.17, 15) is 18.0 Å². The number of amides is 2. The van der Waals surface area contributed by atoms with Crippen LogP contribution in [0.4, 0.5) is 5.69 Å². The van der Waals surface area contributed by atoms with Gasteiger partial charge < -0.3 is 10.2 Å². The molecule has 10 heteroatoms. The zero-order valence-electron chi connectivity index (χ0n) is 24.1. The molecule has 4 rings (SSSR count). The lowest BCUT2D eigenvalue weighted by Crippen LogP contribution is -2.53. The number of aryl methyl sites for hydroxylation is 2. The van der Waals surface area contributed by atoms with Gasteiger partial charge in [0, 0.05) is 28.2 Å². The zero-order valence-corrected chi connectivity index (χ0v) is 26.5. The van der Waals surface area contributed by atoms with E-state index < -0.39 is 28.5 Å². The Labute approximate surface area is 258 Å². The first-order chi connectivity index (χ1) is 20.0. The van der Waals surface area contributed by atoms with Crippen LogP contribution in [0.3, 0.4) is 0 Å². The highest BCUT2D eigenvalue weighted by Gasteiger charge is 2.35. The van der Waals surface area contributed by atoms with E-state index in [1.807, 2.05) is 26.8 Å². The number of anilines is 1. The molecule has 1 aliphatic carbocycles. The van der Waals surface area contributed by atoms with Crippen LogP contribution < -0.4 is 9.62 Å². The molecule has 0 heterocycles. The molecule has 1 N–H and O–H groups in total. The number of nitrogens with zero attached hydrogens (tertiary/aromatic N) is 2. The molecule has 0 radical (unpaired) electrons. The minimum Gasteiger partial charge on any atom is -0.352 e. The lowest BCUT2D eigenvalue weighted by molar-refractivity contribution is -0.140. The summed E-state index contributed by atoms with van der Waals surface area (Å²) < 4.78 is 29.1. The van der Waals surface area contributed by atoms with Crippen molar-refractivity contribution in [3.8, 4) is 0 Å². The number of carbonyl (C=O) groups excluding carboxylic acids is 2. The van der Waals surface area contributed by atoms with Gasteiger partial charge in [0.05, 0.1) is 10.6 Å². The van der Waals surface area contributed by atoms with E-state index in [0.29, 0.717) is 27.7 Å². The van der Waals surface area contributed by atoms with Crippen LogP contribution in [0, 0.1) is 13.8 Å². The highest BCUT2D eigenvalue weighted by atomic mass is 35.5. The van der Waals surface area contributed by atoms with Gasteiger partial charge in [0.2, 0.25) is 11.8 Å². The summed E-state index contributed by atoms with van der Waals surface area (Å²) in [6.45, 7) is 5.08. The second-order valence-electron chi connectivity index (χ2n) is 10.7. The normalized spacial score (nSPS) is 14.4. The van der Waals surface area contributed by atoms with Crippen LogP contribution in [0.1, 0.15) is 55.7 Å². The van der Waals surface area contributed by atoms with Gasteiger partial charge in [-0.15, -0.1) is 0 Å². The van der Waals surface area contributed by atoms with Crippen molar-refractivity contribution < 1.29 is 18.0 Å². The van der Waals surface area contributed by atoms with E-state index in [1.54, 1.807) is 48.5 Å². The molecule has 1 aliphatic rings. The van der Waals surface area contributed by atoms with Gasteiger partial charge in [0.15, 0.2) is 0 Å². The van der Waals surface area contributed by atoms with Gasteiger partial charge in [0.25, 0.3) is 10.0 Å². The van der Waals surface area contributed by atoms with Crippen molar-refractivity contribution in [1.82, 2.24) is 10.2 Å². The zero-order chi connectivity index (χ0) is 30.4. The third-order valence-electron chi connectivity index (χ3n) is 7.87. The predicted octanol–water partition coefficient (Wildman–Crippen LogP) is 6.67. The monoisotopic (exact) mass is 629 g/mol. The van der Waals surface area contributed by atoms with Gasteiger partial charge in [0.1, 0.15) is 12.6 Å². The van der Waals surface area contributed by atoms with Crippen molar-refractivity contribution in [3.63, 3.8) is 0 Å². The molecule has 1 fully saturated rings. The maximum atomic E-state index is 14.3. The van der Waals surface area contributed by atoms with E-state index in [1.165, 1.54) is 17.0 Å². The first-order valence-electron chi connectivity index (χ1n) is 14.2. The molecule has 0 saturated heterocycles. The van der Waals surface area contributed by atoms with Crippen LogP contribution in [-0.4, -0.2) is 43.8 Å². The van der Waals surface area contributed by atoms with E-state index in [0.717, 1.165) is 41.1 Å². The summed E-state index contributed by atoms with van der Waals surface area (Å²) in [4.78, 5) is 29.3. The number of halogens is 2. The number of nitrogens with one attached hydrogen (secondary N) is 1. The molecule has 1 saturated carbocycles. The van der Waals surface area contributed by atoms with Gasteiger partial charge in [-0.1, -0.05) is 73.3 Å².